The highest BCUT2D eigenvalue weighted by atomic mass is 32.2. The molecule has 0 unspecified atom stereocenters. The fourth-order valence-electron chi connectivity index (χ4n) is 3.92. The van der Waals surface area contributed by atoms with E-state index >= 15 is 0 Å². The fraction of sp³-hybridized carbons (Fsp3) is 0.941. The second-order valence-corrected chi connectivity index (χ2v) is 9.06. The molecular weight excluding hydrogens is 326 g/mol. The zero-order chi connectivity index (χ0) is 17.6. The van der Waals surface area contributed by atoms with E-state index in [0.717, 1.165) is 38.8 Å². The van der Waals surface area contributed by atoms with E-state index in [4.69, 9.17) is 0 Å². The first-order chi connectivity index (χ1) is 11.5. The summed E-state index contributed by atoms with van der Waals surface area (Å²) < 4.78 is 26.3. The van der Waals surface area contributed by atoms with E-state index in [9.17, 15) is 13.2 Å². The van der Waals surface area contributed by atoms with Crippen LogP contribution in [-0.2, 0) is 14.8 Å². The van der Waals surface area contributed by atoms with Crippen LogP contribution in [0.2, 0.25) is 0 Å². The molecule has 2 aliphatic heterocycles. The van der Waals surface area contributed by atoms with Crippen molar-refractivity contribution in [3.8, 4) is 0 Å². The molecule has 140 valence electrons. The molecule has 0 radical (unpaired) electrons. The Morgan fingerprint density at radius 3 is 2.58 bits per heavy atom. The van der Waals surface area contributed by atoms with Gasteiger partial charge in [0.1, 0.15) is 6.04 Å². The van der Waals surface area contributed by atoms with Crippen molar-refractivity contribution < 1.29 is 13.2 Å². The zero-order valence-corrected chi connectivity index (χ0v) is 16.0. The number of nitrogens with one attached hydrogen (secondary N) is 1. The van der Waals surface area contributed by atoms with Gasteiger partial charge in [-0.2, -0.15) is 4.31 Å². The lowest BCUT2D eigenvalue weighted by Crippen LogP contribution is -2.53. The van der Waals surface area contributed by atoms with Crippen LogP contribution in [0.5, 0.6) is 0 Å². The molecule has 0 aromatic carbocycles. The van der Waals surface area contributed by atoms with Crippen molar-refractivity contribution in [2.45, 2.75) is 70.9 Å². The van der Waals surface area contributed by atoms with Crippen LogP contribution in [0.3, 0.4) is 0 Å². The number of carbonyl (C=O) groups is 1. The summed E-state index contributed by atoms with van der Waals surface area (Å²) >= 11 is 0. The van der Waals surface area contributed by atoms with Gasteiger partial charge in [0.05, 0.1) is 5.75 Å². The molecule has 0 spiro atoms. The summed E-state index contributed by atoms with van der Waals surface area (Å²) in [6.07, 6.45) is 6.40. The van der Waals surface area contributed by atoms with E-state index in [1.165, 1.54) is 10.7 Å². The van der Waals surface area contributed by atoms with E-state index in [0.29, 0.717) is 32.0 Å². The van der Waals surface area contributed by atoms with Crippen molar-refractivity contribution in [1.82, 2.24) is 14.5 Å². The molecule has 2 atom stereocenters. The van der Waals surface area contributed by atoms with Crippen molar-refractivity contribution in [2.75, 3.05) is 31.9 Å². The van der Waals surface area contributed by atoms with Crippen LogP contribution in [0.25, 0.3) is 0 Å². The minimum absolute atomic E-state index is 0.113. The summed E-state index contributed by atoms with van der Waals surface area (Å²) in [4.78, 5) is 15.1. The molecule has 0 aliphatic carbocycles. The van der Waals surface area contributed by atoms with Crippen molar-refractivity contribution in [3.05, 3.63) is 0 Å². The summed E-state index contributed by atoms with van der Waals surface area (Å²) in [7, 11) is -3.32. The summed E-state index contributed by atoms with van der Waals surface area (Å²) in [5, 5.41) is 3.04. The SMILES string of the molecule is CCCN1CCC[C@H]1CNC(=O)[C@H]1CCCCN1S(=O)(=O)CCC. The molecule has 0 bridgehead atoms. The molecule has 2 saturated heterocycles. The molecule has 0 saturated carbocycles. The normalized spacial score (nSPS) is 26.6. The molecule has 2 fully saturated rings. The Balaban J connectivity index is 1.94. The van der Waals surface area contributed by atoms with Gasteiger partial charge in [-0.25, -0.2) is 8.42 Å². The molecule has 24 heavy (non-hydrogen) atoms. The van der Waals surface area contributed by atoms with Gasteiger partial charge in [-0.1, -0.05) is 20.3 Å². The average Bonchev–Trinajstić information content (AvgIpc) is 3.00. The van der Waals surface area contributed by atoms with E-state index in [2.05, 4.69) is 17.1 Å². The average molecular weight is 360 g/mol. The number of hydrogen-bond acceptors (Lipinski definition) is 4. The third-order valence-corrected chi connectivity index (χ3v) is 7.17. The fourth-order valence-corrected chi connectivity index (χ4v) is 5.67. The number of carbonyl (C=O) groups excluding carboxylic acids is 1. The quantitative estimate of drug-likeness (QED) is 0.714. The first-order valence-corrected chi connectivity index (χ1v) is 11.1. The Labute approximate surface area is 147 Å². The monoisotopic (exact) mass is 359 g/mol. The van der Waals surface area contributed by atoms with Crippen LogP contribution < -0.4 is 5.32 Å². The standard InChI is InChI=1S/C17H33N3O3S/c1-3-10-19-11-7-8-15(19)14-18-17(21)16-9-5-6-12-20(16)24(22,23)13-4-2/h15-16H,3-14H2,1-2H3,(H,18,21)/t15-,16+/m0/s1. The first-order valence-electron chi connectivity index (χ1n) is 9.50. The Bertz CT molecular complexity index is 509. The predicted octanol–water partition coefficient (Wildman–Crippen LogP) is 1.57. The van der Waals surface area contributed by atoms with Crippen molar-refractivity contribution in [2.24, 2.45) is 0 Å². The number of nitrogens with zero attached hydrogens (tertiary/aromatic N) is 2. The highest BCUT2D eigenvalue weighted by Gasteiger charge is 2.36. The molecule has 0 aromatic rings. The molecular formula is C17H33N3O3S. The number of hydrogen-bond donors (Lipinski definition) is 1. The van der Waals surface area contributed by atoms with Crippen LogP contribution in [0.4, 0.5) is 0 Å². The number of amides is 1. The lowest BCUT2D eigenvalue weighted by atomic mass is 10.0. The molecule has 2 aliphatic rings. The summed E-state index contributed by atoms with van der Waals surface area (Å²) in [6.45, 7) is 7.32. The van der Waals surface area contributed by atoms with E-state index in [-0.39, 0.29) is 11.7 Å². The highest BCUT2D eigenvalue weighted by molar-refractivity contribution is 7.89. The number of rotatable bonds is 8. The van der Waals surface area contributed by atoms with Gasteiger partial charge in [0, 0.05) is 19.1 Å². The smallest absolute Gasteiger partial charge is 0.238 e. The highest BCUT2D eigenvalue weighted by Crippen LogP contribution is 2.22. The Morgan fingerprint density at radius 2 is 1.88 bits per heavy atom. The summed E-state index contributed by atoms with van der Waals surface area (Å²) in [5.41, 5.74) is 0. The Kier molecular flexibility index (Phi) is 7.50. The number of sulfonamides is 1. The Morgan fingerprint density at radius 1 is 1.08 bits per heavy atom. The summed E-state index contributed by atoms with van der Waals surface area (Å²) in [6, 6.07) is -0.116. The number of likely N-dealkylation sites (tertiary alicyclic amines) is 1. The van der Waals surface area contributed by atoms with Gasteiger partial charge in [-0.3, -0.25) is 9.69 Å². The van der Waals surface area contributed by atoms with Gasteiger partial charge in [0.25, 0.3) is 0 Å². The minimum Gasteiger partial charge on any atom is -0.353 e. The lowest BCUT2D eigenvalue weighted by Gasteiger charge is -2.34. The largest absolute Gasteiger partial charge is 0.353 e. The zero-order valence-electron chi connectivity index (χ0n) is 15.2. The van der Waals surface area contributed by atoms with Gasteiger partial charge in [0.15, 0.2) is 0 Å². The van der Waals surface area contributed by atoms with Crippen LogP contribution in [0.1, 0.15) is 58.8 Å². The molecule has 2 heterocycles. The van der Waals surface area contributed by atoms with Gasteiger partial charge in [-0.05, 0) is 51.6 Å². The van der Waals surface area contributed by atoms with E-state index < -0.39 is 16.1 Å². The minimum atomic E-state index is -3.32. The maximum atomic E-state index is 12.6. The molecule has 6 nitrogen and oxygen atoms in total. The Hall–Kier alpha value is -0.660. The third kappa shape index (κ3) is 4.92. The summed E-state index contributed by atoms with van der Waals surface area (Å²) in [5.74, 6) is 0.0154. The maximum absolute atomic E-state index is 12.6. The molecule has 7 heteroatoms. The second kappa shape index (κ2) is 9.15. The van der Waals surface area contributed by atoms with Gasteiger partial charge >= 0.3 is 0 Å². The van der Waals surface area contributed by atoms with Gasteiger partial charge < -0.3 is 5.32 Å². The predicted molar refractivity (Wildman–Crippen MR) is 96.3 cm³/mol. The molecule has 2 rings (SSSR count). The van der Waals surface area contributed by atoms with Gasteiger partial charge in [-0.15, -0.1) is 0 Å². The maximum Gasteiger partial charge on any atom is 0.238 e. The second-order valence-electron chi connectivity index (χ2n) is 7.02. The topological polar surface area (TPSA) is 69.7 Å². The van der Waals surface area contributed by atoms with Crippen LogP contribution in [-0.4, -0.2) is 67.5 Å². The number of piperidine rings is 1. The van der Waals surface area contributed by atoms with E-state index in [1.807, 2.05) is 6.92 Å². The molecule has 1 N–H and O–H groups in total. The van der Waals surface area contributed by atoms with Crippen LogP contribution in [0, 0.1) is 0 Å². The van der Waals surface area contributed by atoms with E-state index in [1.54, 1.807) is 0 Å². The van der Waals surface area contributed by atoms with Gasteiger partial charge in [0.2, 0.25) is 15.9 Å². The van der Waals surface area contributed by atoms with Crippen molar-refractivity contribution >= 4 is 15.9 Å². The lowest BCUT2D eigenvalue weighted by molar-refractivity contribution is -0.125. The first kappa shape index (κ1) is 19.7. The van der Waals surface area contributed by atoms with Crippen molar-refractivity contribution in [1.29, 1.82) is 0 Å². The van der Waals surface area contributed by atoms with Crippen molar-refractivity contribution in [3.63, 3.8) is 0 Å². The molecule has 1 amide bonds. The molecule has 0 aromatic heterocycles. The van der Waals surface area contributed by atoms with Crippen LogP contribution in [0.15, 0.2) is 0 Å². The van der Waals surface area contributed by atoms with Crippen LogP contribution >= 0.6 is 0 Å². The third-order valence-electron chi connectivity index (χ3n) is 5.10.